The molecule has 1 aliphatic rings. The number of methoxy groups -OCH3 is 1. The van der Waals surface area contributed by atoms with Crippen LogP contribution in [0.5, 0.6) is 5.75 Å². The number of benzene rings is 1. The largest absolute Gasteiger partial charge is 0.497 e. The zero-order valence-electron chi connectivity index (χ0n) is 12.3. The van der Waals surface area contributed by atoms with Gasteiger partial charge in [-0.1, -0.05) is 25.5 Å². The standard InChI is InChI=1S/C17H22N2O/c1-12(13-8-10-14(20-2)11-9-13)17-15-6-4-3-5-7-16(15)18-19-17/h8-12H,3-7H2,1-2H3,(H,18,19). The second-order valence-corrected chi connectivity index (χ2v) is 5.62. The van der Waals surface area contributed by atoms with Crippen molar-refractivity contribution in [1.82, 2.24) is 10.2 Å². The van der Waals surface area contributed by atoms with E-state index in [9.17, 15) is 0 Å². The molecule has 1 aromatic heterocycles. The zero-order chi connectivity index (χ0) is 13.9. The van der Waals surface area contributed by atoms with Crippen molar-refractivity contribution in [2.75, 3.05) is 7.11 Å². The van der Waals surface area contributed by atoms with Crippen LogP contribution in [0, 0.1) is 0 Å². The molecule has 1 heterocycles. The highest BCUT2D eigenvalue weighted by atomic mass is 16.5. The van der Waals surface area contributed by atoms with Crippen molar-refractivity contribution in [3.8, 4) is 5.75 Å². The van der Waals surface area contributed by atoms with E-state index in [-0.39, 0.29) is 0 Å². The Hall–Kier alpha value is -1.77. The van der Waals surface area contributed by atoms with E-state index in [1.807, 2.05) is 12.1 Å². The molecule has 1 N–H and O–H groups in total. The predicted octanol–water partition coefficient (Wildman–Crippen LogP) is 3.84. The lowest BCUT2D eigenvalue weighted by atomic mass is 9.93. The Bertz CT molecular complexity index is 571. The Labute approximate surface area is 120 Å². The van der Waals surface area contributed by atoms with Crippen LogP contribution in [0.25, 0.3) is 0 Å². The van der Waals surface area contributed by atoms with Crippen LogP contribution in [0.15, 0.2) is 24.3 Å². The maximum Gasteiger partial charge on any atom is 0.118 e. The molecular formula is C17H22N2O. The van der Waals surface area contributed by atoms with E-state index in [1.54, 1.807) is 7.11 Å². The van der Waals surface area contributed by atoms with Crippen LogP contribution in [-0.4, -0.2) is 17.3 Å². The third-order valence-electron chi connectivity index (χ3n) is 4.36. The van der Waals surface area contributed by atoms with Gasteiger partial charge in [-0.3, -0.25) is 5.10 Å². The normalized spacial score (nSPS) is 16.3. The van der Waals surface area contributed by atoms with E-state index in [4.69, 9.17) is 4.74 Å². The molecule has 0 bridgehead atoms. The molecule has 0 fully saturated rings. The molecule has 0 radical (unpaired) electrons. The fraction of sp³-hybridized carbons (Fsp3) is 0.471. The Morgan fingerprint density at radius 1 is 1.10 bits per heavy atom. The monoisotopic (exact) mass is 270 g/mol. The van der Waals surface area contributed by atoms with Gasteiger partial charge in [-0.25, -0.2) is 0 Å². The van der Waals surface area contributed by atoms with Crippen molar-refractivity contribution < 1.29 is 4.74 Å². The molecule has 0 saturated carbocycles. The number of nitrogens with zero attached hydrogens (tertiary/aromatic N) is 1. The molecule has 1 atom stereocenters. The topological polar surface area (TPSA) is 37.9 Å². The number of ether oxygens (including phenoxy) is 1. The van der Waals surface area contributed by atoms with Gasteiger partial charge in [0.15, 0.2) is 0 Å². The molecular weight excluding hydrogens is 248 g/mol. The van der Waals surface area contributed by atoms with E-state index in [0.717, 1.165) is 12.2 Å². The van der Waals surface area contributed by atoms with Crippen LogP contribution in [0.2, 0.25) is 0 Å². The summed E-state index contributed by atoms with van der Waals surface area (Å²) >= 11 is 0. The van der Waals surface area contributed by atoms with Crippen molar-refractivity contribution in [2.24, 2.45) is 0 Å². The second-order valence-electron chi connectivity index (χ2n) is 5.62. The first-order chi connectivity index (χ1) is 9.79. The first-order valence-electron chi connectivity index (χ1n) is 7.49. The minimum absolute atomic E-state index is 0.332. The van der Waals surface area contributed by atoms with Gasteiger partial charge in [-0.15, -0.1) is 0 Å². The molecule has 1 aliphatic carbocycles. The van der Waals surface area contributed by atoms with Gasteiger partial charge in [-0.05, 0) is 48.9 Å². The summed E-state index contributed by atoms with van der Waals surface area (Å²) in [6.45, 7) is 2.24. The highest BCUT2D eigenvalue weighted by Gasteiger charge is 2.20. The van der Waals surface area contributed by atoms with Crippen molar-refractivity contribution in [3.05, 3.63) is 46.8 Å². The van der Waals surface area contributed by atoms with Crippen molar-refractivity contribution in [1.29, 1.82) is 0 Å². The summed E-state index contributed by atoms with van der Waals surface area (Å²) in [5, 5.41) is 7.87. The molecule has 3 heteroatoms. The highest BCUT2D eigenvalue weighted by molar-refractivity contribution is 5.38. The molecule has 0 saturated heterocycles. The van der Waals surface area contributed by atoms with Crippen LogP contribution >= 0.6 is 0 Å². The molecule has 20 heavy (non-hydrogen) atoms. The first kappa shape index (κ1) is 13.2. The maximum absolute atomic E-state index is 5.22. The molecule has 1 aromatic carbocycles. The van der Waals surface area contributed by atoms with E-state index in [2.05, 4.69) is 29.3 Å². The van der Waals surface area contributed by atoms with Crippen LogP contribution in [0.1, 0.15) is 54.6 Å². The van der Waals surface area contributed by atoms with Gasteiger partial charge in [-0.2, -0.15) is 5.10 Å². The van der Waals surface area contributed by atoms with E-state index in [0.29, 0.717) is 5.92 Å². The lowest BCUT2D eigenvalue weighted by Gasteiger charge is -2.12. The molecule has 2 aromatic rings. The minimum atomic E-state index is 0.332. The van der Waals surface area contributed by atoms with Crippen LogP contribution in [0.4, 0.5) is 0 Å². The summed E-state index contributed by atoms with van der Waals surface area (Å²) in [4.78, 5) is 0. The Morgan fingerprint density at radius 3 is 2.60 bits per heavy atom. The summed E-state index contributed by atoms with van der Waals surface area (Å²) < 4.78 is 5.22. The van der Waals surface area contributed by atoms with Crippen LogP contribution < -0.4 is 4.74 Å². The molecule has 0 aliphatic heterocycles. The summed E-state index contributed by atoms with van der Waals surface area (Å²) in [6, 6.07) is 8.33. The zero-order valence-corrected chi connectivity index (χ0v) is 12.3. The summed E-state index contributed by atoms with van der Waals surface area (Å²) in [5.41, 5.74) is 5.35. The number of fused-ring (bicyclic) bond motifs is 1. The first-order valence-corrected chi connectivity index (χ1v) is 7.49. The summed E-state index contributed by atoms with van der Waals surface area (Å²) in [5.74, 6) is 1.24. The fourth-order valence-electron chi connectivity index (χ4n) is 3.09. The quantitative estimate of drug-likeness (QED) is 0.860. The third-order valence-corrected chi connectivity index (χ3v) is 4.36. The van der Waals surface area contributed by atoms with Crippen molar-refractivity contribution >= 4 is 0 Å². The fourth-order valence-corrected chi connectivity index (χ4v) is 3.09. The average Bonchev–Trinajstić information content (AvgIpc) is 2.75. The van der Waals surface area contributed by atoms with Gasteiger partial charge in [0.05, 0.1) is 12.8 Å². The maximum atomic E-state index is 5.22. The SMILES string of the molecule is COc1ccc(C(C)c2n[nH]c3c2CCCCC3)cc1. The second kappa shape index (κ2) is 5.70. The van der Waals surface area contributed by atoms with Crippen LogP contribution in [0.3, 0.4) is 0 Å². The van der Waals surface area contributed by atoms with Gasteiger partial charge in [0, 0.05) is 11.6 Å². The summed E-state index contributed by atoms with van der Waals surface area (Å²) in [7, 11) is 1.70. The number of hydrogen-bond acceptors (Lipinski definition) is 2. The summed E-state index contributed by atoms with van der Waals surface area (Å²) in [6.07, 6.45) is 6.22. The Balaban J connectivity index is 1.89. The molecule has 0 amide bonds. The molecule has 1 unspecified atom stereocenters. The van der Waals surface area contributed by atoms with Crippen molar-refractivity contribution in [3.63, 3.8) is 0 Å². The Kier molecular flexibility index (Phi) is 3.77. The van der Waals surface area contributed by atoms with Gasteiger partial charge in [0.1, 0.15) is 5.75 Å². The lowest BCUT2D eigenvalue weighted by Crippen LogP contribution is -2.01. The van der Waals surface area contributed by atoms with Gasteiger partial charge < -0.3 is 4.74 Å². The molecule has 3 rings (SSSR count). The van der Waals surface area contributed by atoms with Crippen LogP contribution in [-0.2, 0) is 12.8 Å². The number of hydrogen-bond donors (Lipinski definition) is 1. The van der Waals surface area contributed by atoms with Crippen molar-refractivity contribution in [2.45, 2.75) is 44.9 Å². The molecule has 106 valence electrons. The number of aromatic amines is 1. The van der Waals surface area contributed by atoms with E-state index < -0.39 is 0 Å². The van der Waals surface area contributed by atoms with Gasteiger partial charge in [0.25, 0.3) is 0 Å². The lowest BCUT2D eigenvalue weighted by molar-refractivity contribution is 0.414. The number of aromatic nitrogens is 2. The van der Waals surface area contributed by atoms with E-state index >= 15 is 0 Å². The van der Waals surface area contributed by atoms with Gasteiger partial charge >= 0.3 is 0 Å². The molecule has 0 spiro atoms. The number of rotatable bonds is 3. The predicted molar refractivity (Wildman–Crippen MR) is 80.4 cm³/mol. The smallest absolute Gasteiger partial charge is 0.118 e. The molecule has 3 nitrogen and oxygen atoms in total. The highest BCUT2D eigenvalue weighted by Crippen LogP contribution is 2.31. The van der Waals surface area contributed by atoms with E-state index in [1.165, 1.54) is 48.2 Å². The number of nitrogens with one attached hydrogen (secondary N) is 1. The van der Waals surface area contributed by atoms with Gasteiger partial charge in [0.2, 0.25) is 0 Å². The average molecular weight is 270 g/mol. The minimum Gasteiger partial charge on any atom is -0.497 e. The third kappa shape index (κ3) is 2.45. The number of H-pyrrole nitrogens is 1. The Morgan fingerprint density at radius 2 is 1.85 bits per heavy atom. The number of aryl methyl sites for hydroxylation is 1.